The topological polar surface area (TPSA) is 83.8 Å². The van der Waals surface area contributed by atoms with E-state index in [1.165, 1.54) is 0 Å². The molecule has 0 aliphatic rings. The summed E-state index contributed by atoms with van der Waals surface area (Å²) < 4.78 is 0. The van der Waals surface area contributed by atoms with Crippen LogP contribution in [0.3, 0.4) is 0 Å². The molecule has 0 aliphatic heterocycles. The highest BCUT2D eigenvalue weighted by Gasteiger charge is 2.12. The zero-order valence-corrected chi connectivity index (χ0v) is 12.3. The molecule has 2 N–H and O–H groups in total. The maximum atomic E-state index is 10.0. The fraction of sp³-hybridized carbons (Fsp3) is 0.250. The number of hydrogen-bond donors (Lipinski definition) is 2. The summed E-state index contributed by atoms with van der Waals surface area (Å²) in [5, 5.41) is 13.9. The number of aliphatic hydroxyl groups excluding tert-OH is 1. The molecule has 3 heterocycles. The van der Waals surface area contributed by atoms with Gasteiger partial charge in [-0.3, -0.25) is 9.97 Å². The molecule has 6 nitrogen and oxygen atoms in total. The van der Waals surface area contributed by atoms with E-state index in [-0.39, 0.29) is 0 Å². The van der Waals surface area contributed by atoms with Crippen molar-refractivity contribution in [3.8, 4) is 11.4 Å². The number of rotatable bonds is 5. The second-order valence-electron chi connectivity index (χ2n) is 4.97. The van der Waals surface area contributed by atoms with E-state index in [0.717, 1.165) is 22.9 Å². The fourth-order valence-corrected chi connectivity index (χ4v) is 2.22. The van der Waals surface area contributed by atoms with E-state index >= 15 is 0 Å². The van der Waals surface area contributed by atoms with Crippen LogP contribution < -0.4 is 5.32 Å². The monoisotopic (exact) mass is 295 g/mol. The highest BCUT2D eigenvalue weighted by molar-refractivity contribution is 5.89. The van der Waals surface area contributed by atoms with Gasteiger partial charge in [0.25, 0.3) is 0 Å². The normalized spacial score (nSPS) is 12.3. The highest BCUT2D eigenvalue weighted by atomic mass is 16.3. The van der Waals surface area contributed by atoms with Gasteiger partial charge in [0.05, 0.1) is 11.7 Å². The van der Waals surface area contributed by atoms with E-state index in [0.29, 0.717) is 18.1 Å². The zero-order valence-electron chi connectivity index (χ0n) is 12.3. The van der Waals surface area contributed by atoms with Crippen molar-refractivity contribution in [2.45, 2.75) is 26.0 Å². The molecule has 6 heteroatoms. The van der Waals surface area contributed by atoms with Gasteiger partial charge in [-0.2, -0.15) is 0 Å². The van der Waals surface area contributed by atoms with Crippen molar-refractivity contribution in [3.63, 3.8) is 0 Å². The molecule has 0 fully saturated rings. The number of anilines is 1. The molecule has 3 aromatic heterocycles. The smallest absolute Gasteiger partial charge is 0.162 e. The second kappa shape index (κ2) is 6.44. The first kappa shape index (κ1) is 14.3. The minimum atomic E-state index is -0.637. The van der Waals surface area contributed by atoms with Crippen LogP contribution in [0.1, 0.15) is 19.8 Å². The van der Waals surface area contributed by atoms with E-state index in [1.54, 1.807) is 24.8 Å². The number of nitrogens with one attached hydrogen (secondary N) is 1. The summed E-state index contributed by atoms with van der Waals surface area (Å²) in [6, 6.07) is 5.54. The van der Waals surface area contributed by atoms with Crippen LogP contribution in [0.15, 0.2) is 43.0 Å². The Bertz CT molecular complexity index is 763. The number of aromatic nitrogens is 4. The Balaban J connectivity index is 2.08. The largest absolute Gasteiger partial charge is 0.374 e. The molecule has 3 aromatic rings. The molecular formula is C16H17N5O. The molecule has 112 valence electrons. The summed E-state index contributed by atoms with van der Waals surface area (Å²) in [5.41, 5.74) is 1.60. The van der Waals surface area contributed by atoms with Gasteiger partial charge in [0.2, 0.25) is 0 Å². The van der Waals surface area contributed by atoms with Gasteiger partial charge in [-0.15, -0.1) is 0 Å². The van der Waals surface area contributed by atoms with E-state index < -0.39 is 6.23 Å². The van der Waals surface area contributed by atoms with Crippen LogP contribution in [0, 0.1) is 0 Å². The van der Waals surface area contributed by atoms with Crippen molar-refractivity contribution in [3.05, 3.63) is 43.0 Å². The SMILES string of the molecule is CCCC(O)Nc1nc(-c2ccncc2)nc2cnccc12. The Kier molecular flexibility index (Phi) is 4.20. The van der Waals surface area contributed by atoms with Crippen molar-refractivity contribution in [1.29, 1.82) is 0 Å². The van der Waals surface area contributed by atoms with Crippen molar-refractivity contribution in [2.24, 2.45) is 0 Å². The maximum absolute atomic E-state index is 10.0. The fourth-order valence-electron chi connectivity index (χ4n) is 2.22. The van der Waals surface area contributed by atoms with Crippen molar-refractivity contribution >= 4 is 16.7 Å². The first-order valence-electron chi connectivity index (χ1n) is 7.24. The molecular weight excluding hydrogens is 278 g/mol. The average Bonchev–Trinajstić information content (AvgIpc) is 2.56. The predicted molar refractivity (Wildman–Crippen MR) is 85.1 cm³/mol. The molecule has 0 saturated carbocycles. The molecule has 0 aromatic carbocycles. The Morgan fingerprint density at radius 3 is 2.64 bits per heavy atom. The van der Waals surface area contributed by atoms with Gasteiger partial charge in [0.1, 0.15) is 12.0 Å². The summed E-state index contributed by atoms with van der Waals surface area (Å²) >= 11 is 0. The lowest BCUT2D eigenvalue weighted by Gasteiger charge is -2.15. The first-order chi connectivity index (χ1) is 10.8. The lowest BCUT2D eigenvalue weighted by atomic mass is 10.2. The Labute approximate surface area is 128 Å². The quantitative estimate of drug-likeness (QED) is 0.704. The molecule has 0 saturated heterocycles. The van der Waals surface area contributed by atoms with Crippen molar-refractivity contribution in [1.82, 2.24) is 19.9 Å². The van der Waals surface area contributed by atoms with Gasteiger partial charge in [-0.25, -0.2) is 9.97 Å². The molecule has 0 amide bonds. The van der Waals surface area contributed by atoms with Crippen LogP contribution in [0.2, 0.25) is 0 Å². The summed E-state index contributed by atoms with van der Waals surface area (Å²) in [6.45, 7) is 2.02. The molecule has 0 spiro atoms. The van der Waals surface area contributed by atoms with Crippen LogP contribution >= 0.6 is 0 Å². The van der Waals surface area contributed by atoms with Crippen LogP contribution in [0.5, 0.6) is 0 Å². The third kappa shape index (κ3) is 3.01. The van der Waals surface area contributed by atoms with Crippen molar-refractivity contribution in [2.75, 3.05) is 5.32 Å². The summed E-state index contributed by atoms with van der Waals surface area (Å²) in [5.74, 6) is 1.19. The standard InChI is InChI=1S/C16H17N5O/c1-2-3-14(22)20-16-12-6-9-18-10-13(12)19-15(21-16)11-4-7-17-8-5-11/h4-10,14,22H,2-3H2,1H3,(H,19,20,21). The predicted octanol–water partition coefficient (Wildman–Crippen LogP) is 2.62. The minimum Gasteiger partial charge on any atom is -0.374 e. The zero-order chi connectivity index (χ0) is 15.4. The van der Waals surface area contributed by atoms with Gasteiger partial charge >= 0.3 is 0 Å². The maximum Gasteiger partial charge on any atom is 0.162 e. The van der Waals surface area contributed by atoms with Gasteiger partial charge in [0, 0.05) is 29.5 Å². The summed E-state index contributed by atoms with van der Waals surface area (Å²) in [6.07, 6.45) is 7.68. The molecule has 0 radical (unpaired) electrons. The highest BCUT2D eigenvalue weighted by Crippen LogP contribution is 2.24. The van der Waals surface area contributed by atoms with Crippen LogP contribution in [-0.2, 0) is 0 Å². The minimum absolute atomic E-state index is 0.578. The van der Waals surface area contributed by atoms with Crippen molar-refractivity contribution < 1.29 is 5.11 Å². The first-order valence-corrected chi connectivity index (χ1v) is 7.24. The molecule has 0 bridgehead atoms. The van der Waals surface area contributed by atoms with Gasteiger partial charge < -0.3 is 10.4 Å². The number of hydrogen-bond acceptors (Lipinski definition) is 6. The van der Waals surface area contributed by atoms with E-state index in [2.05, 4.69) is 25.3 Å². The number of pyridine rings is 2. The molecule has 1 unspecified atom stereocenters. The third-order valence-corrected chi connectivity index (χ3v) is 3.30. The number of nitrogens with zero attached hydrogens (tertiary/aromatic N) is 4. The molecule has 0 aliphatic carbocycles. The third-order valence-electron chi connectivity index (χ3n) is 3.30. The van der Waals surface area contributed by atoms with Crippen LogP contribution in [-0.4, -0.2) is 31.3 Å². The van der Waals surface area contributed by atoms with Crippen LogP contribution in [0.4, 0.5) is 5.82 Å². The van der Waals surface area contributed by atoms with Crippen LogP contribution in [0.25, 0.3) is 22.3 Å². The van der Waals surface area contributed by atoms with E-state index in [1.807, 2.05) is 25.1 Å². The van der Waals surface area contributed by atoms with Gasteiger partial charge in [0.15, 0.2) is 5.82 Å². The lowest BCUT2D eigenvalue weighted by molar-refractivity contribution is 0.192. The summed E-state index contributed by atoms with van der Waals surface area (Å²) in [4.78, 5) is 17.2. The Morgan fingerprint density at radius 2 is 1.86 bits per heavy atom. The average molecular weight is 295 g/mol. The second-order valence-corrected chi connectivity index (χ2v) is 4.97. The Hall–Kier alpha value is -2.60. The summed E-state index contributed by atoms with van der Waals surface area (Å²) in [7, 11) is 0. The van der Waals surface area contributed by atoms with Gasteiger partial charge in [-0.1, -0.05) is 13.3 Å². The molecule has 22 heavy (non-hydrogen) atoms. The van der Waals surface area contributed by atoms with E-state index in [4.69, 9.17) is 0 Å². The Morgan fingerprint density at radius 1 is 1.09 bits per heavy atom. The lowest BCUT2D eigenvalue weighted by Crippen LogP contribution is -2.19. The van der Waals surface area contributed by atoms with Gasteiger partial charge in [-0.05, 0) is 24.6 Å². The number of fused-ring (bicyclic) bond motifs is 1. The molecule has 1 atom stereocenters. The molecule has 3 rings (SSSR count). The van der Waals surface area contributed by atoms with E-state index in [9.17, 15) is 5.11 Å². The number of aliphatic hydroxyl groups is 1.